The summed E-state index contributed by atoms with van der Waals surface area (Å²) in [5, 5.41) is 5.81. The van der Waals surface area contributed by atoms with Gasteiger partial charge in [-0.1, -0.05) is 18.2 Å². The van der Waals surface area contributed by atoms with E-state index in [2.05, 4.69) is 31.5 Å². The third kappa shape index (κ3) is 3.56. The Morgan fingerprint density at radius 1 is 1.17 bits per heavy atom. The molecule has 0 aliphatic heterocycles. The SMILES string of the molecule is O=C(CNc1ccccc1)Nc1cccnc1Br. The van der Waals surface area contributed by atoms with Gasteiger partial charge in [0.15, 0.2) is 0 Å². The topological polar surface area (TPSA) is 54.0 Å². The lowest BCUT2D eigenvalue weighted by molar-refractivity contribution is -0.114. The second-order valence-corrected chi connectivity index (χ2v) is 4.36. The zero-order valence-corrected chi connectivity index (χ0v) is 11.1. The second-order valence-electron chi connectivity index (χ2n) is 3.61. The Morgan fingerprint density at radius 2 is 1.94 bits per heavy atom. The van der Waals surface area contributed by atoms with Crippen molar-refractivity contribution in [1.29, 1.82) is 0 Å². The molecule has 0 saturated heterocycles. The minimum atomic E-state index is -0.118. The van der Waals surface area contributed by atoms with Gasteiger partial charge in [-0.25, -0.2) is 4.98 Å². The first-order valence-electron chi connectivity index (χ1n) is 5.45. The molecule has 1 heterocycles. The molecule has 0 aliphatic rings. The summed E-state index contributed by atoms with van der Waals surface area (Å²) in [6.07, 6.45) is 1.65. The minimum absolute atomic E-state index is 0.118. The Labute approximate surface area is 114 Å². The summed E-state index contributed by atoms with van der Waals surface area (Å²) in [5.74, 6) is -0.118. The van der Waals surface area contributed by atoms with E-state index in [1.165, 1.54) is 0 Å². The monoisotopic (exact) mass is 305 g/mol. The molecule has 0 spiro atoms. The van der Waals surface area contributed by atoms with Gasteiger partial charge in [0.25, 0.3) is 0 Å². The van der Waals surface area contributed by atoms with E-state index in [0.29, 0.717) is 10.3 Å². The van der Waals surface area contributed by atoms with E-state index >= 15 is 0 Å². The van der Waals surface area contributed by atoms with Gasteiger partial charge in [0.1, 0.15) is 4.60 Å². The Morgan fingerprint density at radius 3 is 2.67 bits per heavy atom. The van der Waals surface area contributed by atoms with E-state index in [1.807, 2.05) is 30.3 Å². The van der Waals surface area contributed by atoms with Gasteiger partial charge in [0.2, 0.25) is 5.91 Å². The maximum absolute atomic E-state index is 11.7. The number of aromatic nitrogens is 1. The van der Waals surface area contributed by atoms with Gasteiger partial charge in [0.05, 0.1) is 12.2 Å². The average Bonchev–Trinajstić information content (AvgIpc) is 2.40. The summed E-state index contributed by atoms with van der Waals surface area (Å²) in [5.41, 5.74) is 1.58. The molecule has 0 aliphatic carbocycles. The highest BCUT2D eigenvalue weighted by Gasteiger charge is 2.05. The lowest BCUT2D eigenvalue weighted by Gasteiger charge is -2.08. The quantitative estimate of drug-likeness (QED) is 0.854. The smallest absolute Gasteiger partial charge is 0.243 e. The number of nitrogens with one attached hydrogen (secondary N) is 2. The van der Waals surface area contributed by atoms with E-state index in [1.54, 1.807) is 18.3 Å². The molecule has 5 heteroatoms. The van der Waals surface area contributed by atoms with Gasteiger partial charge < -0.3 is 10.6 Å². The van der Waals surface area contributed by atoms with E-state index in [9.17, 15) is 4.79 Å². The highest BCUT2D eigenvalue weighted by molar-refractivity contribution is 9.10. The number of carbonyl (C=O) groups is 1. The molecular weight excluding hydrogens is 294 g/mol. The predicted octanol–water partition coefficient (Wildman–Crippen LogP) is 2.89. The Bertz CT molecular complexity index is 531. The summed E-state index contributed by atoms with van der Waals surface area (Å²) < 4.78 is 0.623. The van der Waals surface area contributed by atoms with Crippen molar-refractivity contribution >= 4 is 33.2 Å². The van der Waals surface area contributed by atoms with Crippen LogP contribution in [-0.2, 0) is 4.79 Å². The van der Waals surface area contributed by atoms with E-state index in [4.69, 9.17) is 0 Å². The van der Waals surface area contributed by atoms with Crippen LogP contribution in [0.5, 0.6) is 0 Å². The van der Waals surface area contributed by atoms with Crippen LogP contribution in [-0.4, -0.2) is 17.4 Å². The fourth-order valence-electron chi connectivity index (χ4n) is 1.41. The Balaban J connectivity index is 1.88. The van der Waals surface area contributed by atoms with Crippen molar-refractivity contribution in [3.63, 3.8) is 0 Å². The second kappa shape index (κ2) is 6.16. The van der Waals surface area contributed by atoms with E-state index in [0.717, 1.165) is 5.69 Å². The van der Waals surface area contributed by atoms with Crippen LogP contribution in [0.15, 0.2) is 53.3 Å². The molecule has 4 nitrogen and oxygen atoms in total. The summed E-state index contributed by atoms with van der Waals surface area (Å²) in [6, 6.07) is 13.1. The number of carbonyl (C=O) groups excluding carboxylic acids is 1. The van der Waals surface area contributed by atoms with Crippen LogP contribution in [0.3, 0.4) is 0 Å². The molecule has 1 aromatic heterocycles. The van der Waals surface area contributed by atoms with Crippen LogP contribution in [0, 0.1) is 0 Å². The van der Waals surface area contributed by atoms with Crippen LogP contribution in [0.1, 0.15) is 0 Å². The first kappa shape index (κ1) is 12.6. The number of amides is 1. The van der Waals surface area contributed by atoms with Crippen molar-refractivity contribution in [3.05, 3.63) is 53.3 Å². The number of benzene rings is 1. The molecular formula is C13H12BrN3O. The van der Waals surface area contributed by atoms with Gasteiger partial charge >= 0.3 is 0 Å². The summed E-state index contributed by atoms with van der Waals surface area (Å²) in [4.78, 5) is 15.7. The molecule has 0 bridgehead atoms. The number of rotatable bonds is 4. The number of hydrogen-bond donors (Lipinski definition) is 2. The molecule has 0 radical (unpaired) electrons. The highest BCUT2D eigenvalue weighted by atomic mass is 79.9. The van der Waals surface area contributed by atoms with Crippen LogP contribution in [0.4, 0.5) is 11.4 Å². The molecule has 1 aromatic carbocycles. The van der Waals surface area contributed by atoms with Crippen LogP contribution < -0.4 is 10.6 Å². The largest absolute Gasteiger partial charge is 0.376 e. The van der Waals surface area contributed by atoms with Crippen LogP contribution in [0.25, 0.3) is 0 Å². The van der Waals surface area contributed by atoms with Crippen LogP contribution >= 0.6 is 15.9 Å². The molecule has 0 unspecified atom stereocenters. The number of nitrogens with zero attached hydrogens (tertiary/aromatic N) is 1. The number of anilines is 2. The molecule has 1 amide bonds. The van der Waals surface area contributed by atoms with E-state index < -0.39 is 0 Å². The lowest BCUT2D eigenvalue weighted by atomic mass is 10.3. The van der Waals surface area contributed by atoms with Crippen molar-refractivity contribution in [1.82, 2.24) is 4.98 Å². The van der Waals surface area contributed by atoms with Crippen molar-refractivity contribution in [2.75, 3.05) is 17.2 Å². The normalized spacial score (nSPS) is 9.83. The van der Waals surface area contributed by atoms with Crippen molar-refractivity contribution in [2.45, 2.75) is 0 Å². The van der Waals surface area contributed by atoms with Crippen molar-refractivity contribution in [3.8, 4) is 0 Å². The first-order valence-corrected chi connectivity index (χ1v) is 6.24. The van der Waals surface area contributed by atoms with Crippen molar-refractivity contribution < 1.29 is 4.79 Å². The standard InChI is InChI=1S/C13H12BrN3O/c14-13-11(7-4-8-15-13)17-12(18)9-16-10-5-2-1-3-6-10/h1-8,16H,9H2,(H,17,18). The number of para-hydroxylation sites is 1. The molecule has 2 N–H and O–H groups in total. The fraction of sp³-hybridized carbons (Fsp3) is 0.0769. The third-order valence-corrected chi connectivity index (χ3v) is 2.89. The van der Waals surface area contributed by atoms with Gasteiger partial charge in [-0.2, -0.15) is 0 Å². The zero-order valence-electron chi connectivity index (χ0n) is 9.56. The number of halogens is 1. The Kier molecular flexibility index (Phi) is 4.30. The molecule has 18 heavy (non-hydrogen) atoms. The maximum atomic E-state index is 11.7. The van der Waals surface area contributed by atoms with Gasteiger partial charge in [-0.05, 0) is 40.2 Å². The maximum Gasteiger partial charge on any atom is 0.243 e. The van der Waals surface area contributed by atoms with Crippen molar-refractivity contribution in [2.24, 2.45) is 0 Å². The summed E-state index contributed by atoms with van der Waals surface area (Å²) in [7, 11) is 0. The number of hydrogen-bond acceptors (Lipinski definition) is 3. The Hall–Kier alpha value is -1.88. The molecule has 2 rings (SSSR count). The molecule has 92 valence electrons. The lowest BCUT2D eigenvalue weighted by Crippen LogP contribution is -2.22. The molecule has 0 fully saturated rings. The zero-order chi connectivity index (χ0) is 12.8. The van der Waals surface area contributed by atoms with Gasteiger partial charge in [-0.15, -0.1) is 0 Å². The average molecular weight is 306 g/mol. The fourth-order valence-corrected chi connectivity index (χ4v) is 1.76. The summed E-state index contributed by atoms with van der Waals surface area (Å²) in [6.45, 7) is 0.214. The molecule has 2 aromatic rings. The van der Waals surface area contributed by atoms with Gasteiger partial charge in [0, 0.05) is 11.9 Å². The number of pyridine rings is 1. The van der Waals surface area contributed by atoms with Crippen LogP contribution in [0.2, 0.25) is 0 Å². The predicted molar refractivity (Wildman–Crippen MR) is 75.5 cm³/mol. The van der Waals surface area contributed by atoms with Gasteiger partial charge in [-0.3, -0.25) is 4.79 Å². The highest BCUT2D eigenvalue weighted by Crippen LogP contribution is 2.17. The summed E-state index contributed by atoms with van der Waals surface area (Å²) >= 11 is 3.27. The van der Waals surface area contributed by atoms with E-state index in [-0.39, 0.29) is 12.5 Å². The minimum Gasteiger partial charge on any atom is -0.376 e. The first-order chi connectivity index (χ1) is 8.75. The third-order valence-electron chi connectivity index (χ3n) is 2.26. The molecule has 0 saturated carbocycles. The molecule has 0 atom stereocenters.